The molecule has 0 saturated carbocycles. The fraction of sp³-hybridized carbons (Fsp3) is 0.500. The molecule has 0 aromatic carbocycles. The molecule has 0 amide bonds. The van der Waals surface area contributed by atoms with Crippen LogP contribution in [0.5, 0.6) is 0 Å². The van der Waals surface area contributed by atoms with Gasteiger partial charge >= 0.3 is 0 Å². The molecule has 0 aliphatic heterocycles. The van der Waals surface area contributed by atoms with Gasteiger partial charge in [0.2, 0.25) is 0 Å². The van der Waals surface area contributed by atoms with Crippen LogP contribution in [0.25, 0.3) is 0 Å². The molecule has 0 aliphatic rings. The monoisotopic (exact) mass is 254 g/mol. The number of hydrogen-bond donors (Lipinski definition) is 2. The molecule has 1 aromatic rings. The molecule has 5 heteroatoms. The molecule has 0 atom stereocenters. The van der Waals surface area contributed by atoms with Crippen LogP contribution >= 0.6 is 0 Å². The first-order chi connectivity index (χ1) is 5.77. The summed E-state index contributed by atoms with van der Waals surface area (Å²) >= 11 is 0. The Kier molecular flexibility index (Phi) is 6.17. The number of hydrogen-bond acceptors (Lipinski definition) is 3. The molecular formula is C8H13N4Y-. The third kappa shape index (κ3) is 3.57. The Morgan fingerprint density at radius 3 is 2.85 bits per heavy atom. The van der Waals surface area contributed by atoms with E-state index in [1.54, 1.807) is 0 Å². The smallest absolute Gasteiger partial charge is 0.108 e. The molecule has 69 valence electrons. The fourth-order valence-corrected chi connectivity index (χ4v) is 0.901. The molecule has 0 saturated heterocycles. The van der Waals surface area contributed by atoms with Gasteiger partial charge in [0.25, 0.3) is 0 Å². The van der Waals surface area contributed by atoms with E-state index >= 15 is 0 Å². The van der Waals surface area contributed by atoms with E-state index in [9.17, 15) is 0 Å². The molecule has 2 N–H and O–H groups in total. The molecule has 1 heterocycles. The Morgan fingerprint density at radius 2 is 2.31 bits per heavy atom. The molecule has 1 aromatic heterocycles. The van der Waals surface area contributed by atoms with Crippen molar-refractivity contribution in [3.63, 3.8) is 0 Å². The number of aromatic nitrogens is 2. The SMILES string of the molecule is CCN=c1n[c-]c(C)c(NC)[nH]1.[Y]. The zero-order chi connectivity index (χ0) is 8.97. The minimum atomic E-state index is 0. The summed E-state index contributed by atoms with van der Waals surface area (Å²) < 4.78 is 0. The Bertz CT molecular complexity index is 318. The molecule has 4 nitrogen and oxygen atoms in total. The molecule has 0 bridgehead atoms. The standard InChI is InChI=1S/C8H13N4.Y/c1-4-10-8-11-5-6(2)7(9-3)12-8;/h4H2,1-3H3,(H2,9,10,11,12);/q-1;. The number of aromatic amines is 1. The molecule has 1 rings (SSSR count). The first-order valence-electron chi connectivity index (χ1n) is 3.94. The van der Waals surface area contributed by atoms with Gasteiger partial charge in [0.05, 0.1) is 0 Å². The van der Waals surface area contributed by atoms with Gasteiger partial charge in [-0.3, -0.25) is 0 Å². The third-order valence-electron chi connectivity index (χ3n) is 1.50. The quantitative estimate of drug-likeness (QED) is 0.754. The maximum Gasteiger partial charge on any atom is 0.108 e. The molecule has 0 unspecified atom stereocenters. The van der Waals surface area contributed by atoms with Gasteiger partial charge in [-0.2, -0.15) is 0 Å². The van der Waals surface area contributed by atoms with Crippen molar-refractivity contribution in [3.8, 4) is 0 Å². The summed E-state index contributed by atoms with van der Waals surface area (Å²) in [5.74, 6) is 0.914. The number of nitrogens with zero attached hydrogens (tertiary/aromatic N) is 2. The van der Waals surface area contributed by atoms with Gasteiger partial charge in [-0.1, -0.05) is 13.1 Å². The van der Waals surface area contributed by atoms with Crippen molar-refractivity contribution >= 4 is 5.82 Å². The number of nitrogens with one attached hydrogen (secondary N) is 2. The van der Waals surface area contributed by atoms with Crippen LogP contribution in [-0.4, -0.2) is 23.6 Å². The predicted molar refractivity (Wildman–Crippen MR) is 47.8 cm³/mol. The summed E-state index contributed by atoms with van der Waals surface area (Å²) in [7, 11) is 1.85. The minimum absolute atomic E-state index is 0. The minimum Gasteiger partial charge on any atom is -0.426 e. The van der Waals surface area contributed by atoms with Gasteiger partial charge in [-0.15, -0.1) is 5.56 Å². The normalized spacial score (nSPS) is 10.8. The van der Waals surface area contributed by atoms with E-state index in [1.165, 1.54) is 0 Å². The van der Waals surface area contributed by atoms with Crippen LogP contribution in [0.2, 0.25) is 0 Å². The summed E-state index contributed by atoms with van der Waals surface area (Å²) in [6, 6.07) is 0. The van der Waals surface area contributed by atoms with E-state index < -0.39 is 0 Å². The summed E-state index contributed by atoms with van der Waals surface area (Å²) in [5.41, 5.74) is 1.58. The number of aryl methyl sites for hydroxylation is 1. The second-order valence-corrected chi connectivity index (χ2v) is 2.40. The molecule has 13 heavy (non-hydrogen) atoms. The second kappa shape index (κ2) is 6.27. The molecule has 0 aliphatic carbocycles. The van der Waals surface area contributed by atoms with Crippen molar-refractivity contribution in [1.82, 2.24) is 9.97 Å². The fourth-order valence-electron chi connectivity index (χ4n) is 0.901. The Balaban J connectivity index is 0.00000144. The van der Waals surface area contributed by atoms with Crippen LogP contribution in [0.1, 0.15) is 12.5 Å². The van der Waals surface area contributed by atoms with E-state index in [0.29, 0.717) is 5.62 Å². The summed E-state index contributed by atoms with van der Waals surface area (Å²) in [5, 5.41) is 3.01. The molecule has 1 radical (unpaired) electrons. The van der Waals surface area contributed by atoms with Gasteiger partial charge in [-0.25, -0.2) is 0 Å². The Hall–Kier alpha value is -0.216. The summed E-state index contributed by atoms with van der Waals surface area (Å²) in [6.45, 7) is 4.63. The van der Waals surface area contributed by atoms with Crippen molar-refractivity contribution in [2.45, 2.75) is 13.8 Å². The van der Waals surface area contributed by atoms with E-state index in [4.69, 9.17) is 0 Å². The Labute approximate surface area is 103 Å². The van der Waals surface area contributed by atoms with E-state index in [0.717, 1.165) is 17.9 Å². The van der Waals surface area contributed by atoms with Crippen molar-refractivity contribution in [2.75, 3.05) is 18.9 Å². The zero-order valence-corrected chi connectivity index (χ0v) is 11.0. The van der Waals surface area contributed by atoms with Crippen LogP contribution in [0, 0.1) is 13.1 Å². The number of rotatable bonds is 2. The van der Waals surface area contributed by atoms with E-state index in [-0.39, 0.29) is 32.7 Å². The van der Waals surface area contributed by atoms with E-state index in [2.05, 4.69) is 26.5 Å². The van der Waals surface area contributed by atoms with Gasteiger partial charge in [0.15, 0.2) is 0 Å². The van der Waals surface area contributed by atoms with Crippen molar-refractivity contribution < 1.29 is 32.7 Å². The van der Waals surface area contributed by atoms with Crippen LogP contribution in [0.4, 0.5) is 5.82 Å². The molecular weight excluding hydrogens is 241 g/mol. The van der Waals surface area contributed by atoms with Crippen LogP contribution < -0.4 is 10.9 Å². The first kappa shape index (κ1) is 12.8. The third-order valence-corrected chi connectivity index (χ3v) is 1.50. The molecule has 0 fully saturated rings. The van der Waals surface area contributed by atoms with E-state index in [1.807, 2.05) is 20.9 Å². The topological polar surface area (TPSA) is 53.1 Å². The van der Waals surface area contributed by atoms with Crippen LogP contribution in [0.3, 0.4) is 0 Å². The maximum atomic E-state index is 4.12. The maximum absolute atomic E-state index is 4.12. The van der Waals surface area contributed by atoms with Crippen molar-refractivity contribution in [2.24, 2.45) is 4.99 Å². The Morgan fingerprint density at radius 1 is 1.62 bits per heavy atom. The number of H-pyrrole nitrogens is 1. The zero-order valence-electron chi connectivity index (χ0n) is 8.18. The average Bonchev–Trinajstić information content (AvgIpc) is 2.09. The van der Waals surface area contributed by atoms with Crippen LogP contribution in [0.15, 0.2) is 4.99 Å². The van der Waals surface area contributed by atoms with Crippen molar-refractivity contribution in [1.29, 1.82) is 0 Å². The second-order valence-electron chi connectivity index (χ2n) is 2.40. The number of anilines is 1. The predicted octanol–water partition coefficient (Wildman–Crippen LogP) is 0.478. The van der Waals surface area contributed by atoms with Gasteiger partial charge in [0.1, 0.15) is 5.62 Å². The molecule has 0 spiro atoms. The van der Waals surface area contributed by atoms with Crippen molar-refractivity contribution in [3.05, 3.63) is 17.4 Å². The largest absolute Gasteiger partial charge is 0.426 e. The van der Waals surface area contributed by atoms with Gasteiger partial charge < -0.3 is 20.3 Å². The van der Waals surface area contributed by atoms with Gasteiger partial charge in [0, 0.05) is 39.3 Å². The first-order valence-corrected chi connectivity index (χ1v) is 3.94. The summed E-state index contributed by atoms with van der Waals surface area (Å²) in [4.78, 5) is 11.2. The van der Waals surface area contributed by atoms with Gasteiger partial charge in [-0.05, 0) is 19.8 Å². The summed E-state index contributed by atoms with van der Waals surface area (Å²) in [6.07, 6.45) is 2.87. The van der Waals surface area contributed by atoms with Crippen LogP contribution in [-0.2, 0) is 32.7 Å². The average molecular weight is 254 g/mol.